The lowest BCUT2D eigenvalue weighted by Gasteiger charge is -2.06. The molecule has 0 bridgehead atoms. The lowest BCUT2D eigenvalue weighted by molar-refractivity contribution is -0.386. The molecule has 2 N–H and O–H groups in total. The number of para-hydroxylation sites is 1. The predicted octanol–water partition coefficient (Wildman–Crippen LogP) is 3.28. The molecular weight excluding hydrogens is 362 g/mol. The molecule has 3 aromatic rings. The van der Waals surface area contributed by atoms with Gasteiger partial charge in [-0.25, -0.2) is 4.98 Å². The van der Waals surface area contributed by atoms with Crippen LogP contribution in [-0.2, 0) is 0 Å². The Morgan fingerprint density at radius 2 is 2.12 bits per heavy atom. The predicted molar refractivity (Wildman–Crippen MR) is 97.4 cm³/mol. The summed E-state index contributed by atoms with van der Waals surface area (Å²) in [7, 11) is 1.27. The minimum Gasteiger partial charge on any atom is -0.500 e. The van der Waals surface area contributed by atoms with Crippen LogP contribution in [0.4, 0.5) is 5.69 Å². The van der Waals surface area contributed by atoms with Gasteiger partial charge in [0.2, 0.25) is 5.75 Å². The summed E-state index contributed by atoms with van der Waals surface area (Å²) in [5.74, 6) is -0.539. The first kappa shape index (κ1) is 17.4. The van der Waals surface area contributed by atoms with Crippen LogP contribution >= 0.6 is 11.6 Å². The van der Waals surface area contributed by atoms with Crippen LogP contribution in [0.15, 0.2) is 41.2 Å². The Bertz CT molecular complexity index is 1110. The topological polar surface area (TPSA) is 118 Å². The molecule has 0 radical (unpaired) electrons. The molecule has 1 heterocycles. The maximum atomic E-state index is 12.1. The molecule has 0 spiro atoms. The highest BCUT2D eigenvalue weighted by Gasteiger charge is 2.19. The van der Waals surface area contributed by atoms with E-state index in [-0.39, 0.29) is 22.2 Å². The number of H-pyrrole nitrogens is 1. The van der Waals surface area contributed by atoms with Crippen molar-refractivity contribution < 1.29 is 14.8 Å². The molecule has 0 aliphatic rings. The zero-order valence-corrected chi connectivity index (χ0v) is 14.1. The third kappa shape index (κ3) is 3.22. The van der Waals surface area contributed by atoms with Gasteiger partial charge in [0.25, 0.3) is 5.56 Å². The number of aromatic hydroxyl groups is 1. The van der Waals surface area contributed by atoms with Crippen molar-refractivity contribution in [2.75, 3.05) is 7.11 Å². The zero-order chi connectivity index (χ0) is 18.8. The molecule has 0 fully saturated rings. The number of aromatic amines is 1. The molecule has 0 aliphatic heterocycles. The van der Waals surface area contributed by atoms with Crippen molar-refractivity contribution in [3.8, 4) is 11.5 Å². The molecule has 1 aromatic heterocycles. The second-order valence-corrected chi connectivity index (χ2v) is 5.68. The molecule has 0 aliphatic carbocycles. The summed E-state index contributed by atoms with van der Waals surface area (Å²) in [6.45, 7) is 0. The summed E-state index contributed by atoms with van der Waals surface area (Å²) in [5, 5.41) is 21.4. The van der Waals surface area contributed by atoms with E-state index in [0.29, 0.717) is 16.5 Å². The van der Waals surface area contributed by atoms with Gasteiger partial charge in [0.15, 0.2) is 11.6 Å². The van der Waals surface area contributed by atoms with E-state index >= 15 is 0 Å². The number of aromatic nitrogens is 2. The van der Waals surface area contributed by atoms with E-state index in [1.165, 1.54) is 19.3 Å². The summed E-state index contributed by atoms with van der Waals surface area (Å²) in [6, 6.07) is 9.29. The molecule has 0 atom stereocenters. The second-order valence-electron chi connectivity index (χ2n) is 5.27. The van der Waals surface area contributed by atoms with Crippen LogP contribution in [0.5, 0.6) is 11.5 Å². The van der Waals surface area contributed by atoms with E-state index in [1.807, 2.05) is 0 Å². The Labute approximate surface area is 151 Å². The largest absolute Gasteiger partial charge is 0.500 e. The molecule has 26 heavy (non-hydrogen) atoms. The first-order valence-corrected chi connectivity index (χ1v) is 7.70. The summed E-state index contributed by atoms with van der Waals surface area (Å²) >= 11 is 6.24. The summed E-state index contributed by atoms with van der Waals surface area (Å²) in [5.41, 5.74) is -0.120. The number of nitro groups is 1. The Hall–Kier alpha value is -3.39. The number of hydrogen-bond acceptors (Lipinski definition) is 6. The minimum absolute atomic E-state index is 0.0647. The zero-order valence-electron chi connectivity index (χ0n) is 13.4. The number of phenolic OH excluding ortho intramolecular Hbond substituents is 1. The molecular formula is C17H12ClN3O5. The van der Waals surface area contributed by atoms with Crippen LogP contribution in [0.2, 0.25) is 0 Å². The van der Waals surface area contributed by atoms with Gasteiger partial charge in [0.1, 0.15) is 0 Å². The van der Waals surface area contributed by atoms with Gasteiger partial charge < -0.3 is 14.8 Å². The molecule has 2 aromatic carbocycles. The summed E-state index contributed by atoms with van der Waals surface area (Å²) in [4.78, 5) is 29.3. The summed E-state index contributed by atoms with van der Waals surface area (Å²) < 4.78 is 4.94. The fourth-order valence-electron chi connectivity index (χ4n) is 2.41. The number of phenols is 1. The van der Waals surface area contributed by atoms with E-state index in [0.717, 1.165) is 6.07 Å². The molecule has 0 amide bonds. The van der Waals surface area contributed by atoms with Gasteiger partial charge in [-0.3, -0.25) is 14.9 Å². The van der Waals surface area contributed by atoms with Gasteiger partial charge in [-0.2, -0.15) is 0 Å². The summed E-state index contributed by atoms with van der Waals surface area (Å²) in [6.07, 6.45) is 1.38. The van der Waals surface area contributed by atoms with Gasteiger partial charge in [0, 0.05) is 6.07 Å². The van der Waals surface area contributed by atoms with Gasteiger partial charge in [-0.1, -0.05) is 23.7 Å². The number of ether oxygens (including phenoxy) is 1. The lowest BCUT2D eigenvalue weighted by Crippen LogP contribution is -2.10. The number of nitrogens with one attached hydrogen (secondary N) is 1. The van der Waals surface area contributed by atoms with Crippen molar-refractivity contribution in [1.29, 1.82) is 0 Å². The molecule has 0 unspecified atom stereocenters. The average molecular weight is 374 g/mol. The first-order valence-electron chi connectivity index (χ1n) is 7.32. The third-order valence-electron chi connectivity index (χ3n) is 3.63. The number of fused-ring (bicyclic) bond motifs is 1. The number of hydrogen-bond donors (Lipinski definition) is 2. The third-order valence-corrected chi connectivity index (χ3v) is 3.91. The van der Waals surface area contributed by atoms with Crippen LogP contribution in [-0.4, -0.2) is 27.1 Å². The number of rotatable bonds is 4. The Morgan fingerprint density at radius 3 is 2.81 bits per heavy atom. The fourth-order valence-corrected chi connectivity index (χ4v) is 2.62. The van der Waals surface area contributed by atoms with Crippen molar-refractivity contribution in [2.24, 2.45) is 0 Å². The van der Waals surface area contributed by atoms with E-state index in [4.69, 9.17) is 16.3 Å². The highest BCUT2D eigenvalue weighted by atomic mass is 35.5. The quantitative estimate of drug-likeness (QED) is 0.535. The van der Waals surface area contributed by atoms with Crippen LogP contribution in [0, 0.1) is 10.1 Å². The van der Waals surface area contributed by atoms with E-state index < -0.39 is 16.4 Å². The van der Waals surface area contributed by atoms with E-state index in [1.54, 1.807) is 24.3 Å². The lowest BCUT2D eigenvalue weighted by atomic mass is 10.1. The van der Waals surface area contributed by atoms with Crippen molar-refractivity contribution in [3.63, 3.8) is 0 Å². The van der Waals surface area contributed by atoms with Crippen molar-refractivity contribution in [3.05, 3.63) is 68.3 Å². The number of nitrogens with zero attached hydrogens (tertiary/aromatic N) is 2. The average Bonchev–Trinajstić information content (AvgIpc) is 2.62. The highest BCUT2D eigenvalue weighted by molar-refractivity contribution is 6.50. The molecule has 132 valence electrons. The number of nitro benzene ring substituents is 1. The fraction of sp³-hybridized carbons (Fsp3) is 0.0588. The van der Waals surface area contributed by atoms with Crippen molar-refractivity contribution in [1.82, 2.24) is 9.97 Å². The van der Waals surface area contributed by atoms with Crippen molar-refractivity contribution in [2.45, 2.75) is 0 Å². The molecule has 8 nitrogen and oxygen atoms in total. The molecule has 3 rings (SSSR count). The highest BCUT2D eigenvalue weighted by Crippen LogP contribution is 2.38. The standard InChI is InChI=1S/C17H12ClN3O5/c1-26-14-8-9(7-13(15(14)22)21(24)25)6-11(18)16-19-12-5-3-2-4-10(12)17(23)20-16/h2-8,22H,1H3,(H,19,20,23)/b11-6-. The SMILES string of the molecule is COc1cc(/C=C(\Cl)c2nc3ccccc3c(=O)[nH]2)cc([N+](=O)[O-])c1O. The number of benzene rings is 2. The van der Waals surface area contributed by atoms with E-state index in [2.05, 4.69) is 9.97 Å². The number of halogens is 1. The molecule has 0 saturated carbocycles. The van der Waals surface area contributed by atoms with Crippen LogP contribution < -0.4 is 10.3 Å². The Balaban J connectivity index is 2.12. The van der Waals surface area contributed by atoms with Gasteiger partial charge in [-0.15, -0.1) is 0 Å². The number of methoxy groups -OCH3 is 1. The Morgan fingerprint density at radius 1 is 1.38 bits per heavy atom. The monoisotopic (exact) mass is 373 g/mol. The smallest absolute Gasteiger partial charge is 0.315 e. The van der Waals surface area contributed by atoms with E-state index in [9.17, 15) is 20.0 Å². The van der Waals surface area contributed by atoms with Crippen LogP contribution in [0.1, 0.15) is 11.4 Å². The maximum absolute atomic E-state index is 12.1. The first-order chi connectivity index (χ1) is 12.4. The molecule has 0 saturated heterocycles. The van der Waals surface area contributed by atoms with Crippen molar-refractivity contribution >= 4 is 39.3 Å². The normalized spacial score (nSPS) is 11.5. The van der Waals surface area contributed by atoms with Gasteiger partial charge in [0.05, 0.1) is 28.0 Å². The minimum atomic E-state index is -0.737. The van der Waals surface area contributed by atoms with Gasteiger partial charge >= 0.3 is 5.69 Å². The second kappa shape index (κ2) is 6.85. The Kier molecular flexibility index (Phi) is 4.59. The van der Waals surface area contributed by atoms with Crippen LogP contribution in [0.25, 0.3) is 22.0 Å². The molecule has 9 heteroatoms. The van der Waals surface area contributed by atoms with Gasteiger partial charge in [-0.05, 0) is 29.8 Å². The van der Waals surface area contributed by atoms with Crippen LogP contribution in [0.3, 0.4) is 0 Å². The maximum Gasteiger partial charge on any atom is 0.315 e.